The van der Waals surface area contributed by atoms with Gasteiger partial charge >= 0.3 is 35.8 Å². The van der Waals surface area contributed by atoms with Crippen LogP contribution in [0.4, 0.5) is 57.1 Å². The van der Waals surface area contributed by atoms with Crippen LogP contribution >= 0.6 is 0 Å². The Balaban J connectivity index is 3.66. The molecule has 0 atom stereocenters. The van der Waals surface area contributed by atoms with Gasteiger partial charge in [-0.25, -0.2) is 0 Å². The number of alkyl halides is 13. The van der Waals surface area contributed by atoms with Gasteiger partial charge in [-0.05, 0) is 25.5 Å². The maximum absolute atomic E-state index is 14.0. The third kappa shape index (κ3) is 3.12. The summed E-state index contributed by atoms with van der Waals surface area (Å²) in [5, 5.41) is 0. The molecule has 0 aliphatic rings. The summed E-state index contributed by atoms with van der Waals surface area (Å²) in [5.41, 5.74) is -2.97. The van der Waals surface area contributed by atoms with Crippen molar-refractivity contribution in [1.82, 2.24) is 0 Å². The van der Waals surface area contributed by atoms with Crippen LogP contribution in [-0.4, -0.2) is 29.9 Å². The molecule has 0 aliphatic heterocycles. The Labute approximate surface area is 143 Å². The molecule has 1 aromatic carbocycles. The Bertz CT molecular complexity index is 699. The minimum absolute atomic E-state index is 0.194. The van der Waals surface area contributed by atoms with Crippen LogP contribution in [0, 0.1) is 13.8 Å². The molecule has 0 aliphatic carbocycles. The van der Waals surface area contributed by atoms with Crippen LogP contribution < -0.4 is 0 Å². The Morgan fingerprint density at radius 3 is 1.37 bits per heavy atom. The smallest absolute Gasteiger partial charge is 0.194 e. The molecule has 0 saturated heterocycles. The number of rotatable bonds is 5. The number of halogens is 13. The van der Waals surface area contributed by atoms with Gasteiger partial charge in [0.1, 0.15) is 0 Å². The van der Waals surface area contributed by atoms with Crippen molar-refractivity contribution in [1.29, 1.82) is 0 Å². The molecule has 1 aromatic rings. The molecular weight excluding hydrogens is 415 g/mol. The molecule has 0 bridgehead atoms. The first kappa shape index (κ1) is 23.3. The maximum atomic E-state index is 14.0. The summed E-state index contributed by atoms with van der Waals surface area (Å²) < 4.78 is 170. The fraction of sp³-hybridized carbons (Fsp3) is 0.571. The van der Waals surface area contributed by atoms with Crippen molar-refractivity contribution in [2.45, 2.75) is 49.6 Å². The minimum atomic E-state index is -7.89. The van der Waals surface area contributed by atoms with Crippen molar-refractivity contribution in [3.63, 3.8) is 0 Å². The fourth-order valence-electron chi connectivity index (χ4n) is 2.01. The Kier molecular flexibility index (Phi) is 5.33. The van der Waals surface area contributed by atoms with Gasteiger partial charge in [-0.15, -0.1) is 0 Å². The van der Waals surface area contributed by atoms with Crippen molar-refractivity contribution < 1.29 is 57.1 Å². The summed E-state index contributed by atoms with van der Waals surface area (Å²) in [7, 11) is 0. The van der Waals surface area contributed by atoms with E-state index in [2.05, 4.69) is 0 Å². The van der Waals surface area contributed by atoms with Crippen LogP contribution in [0.1, 0.15) is 16.7 Å². The molecular formula is C14H9F13. The van der Waals surface area contributed by atoms with E-state index < -0.39 is 46.9 Å². The highest BCUT2D eigenvalue weighted by molar-refractivity contribution is 5.36. The molecule has 27 heavy (non-hydrogen) atoms. The second-order valence-corrected chi connectivity index (χ2v) is 5.69. The quantitative estimate of drug-likeness (QED) is 0.474. The second kappa shape index (κ2) is 6.16. The molecule has 0 fully saturated rings. The highest BCUT2D eigenvalue weighted by Crippen LogP contribution is 2.62. The predicted molar refractivity (Wildman–Crippen MR) is 65.7 cm³/mol. The number of aryl methyl sites for hydroxylation is 2. The Hall–Kier alpha value is -1.69. The first-order valence-electron chi connectivity index (χ1n) is 6.69. The zero-order valence-electron chi connectivity index (χ0n) is 13.1. The van der Waals surface area contributed by atoms with Crippen molar-refractivity contribution in [2.24, 2.45) is 0 Å². The van der Waals surface area contributed by atoms with Crippen LogP contribution in [0.2, 0.25) is 0 Å². The van der Waals surface area contributed by atoms with Crippen LogP contribution in [-0.2, 0) is 5.92 Å². The summed E-state index contributed by atoms with van der Waals surface area (Å²) in [6, 6.07) is 1.96. The Morgan fingerprint density at radius 2 is 0.963 bits per heavy atom. The zero-order valence-corrected chi connectivity index (χ0v) is 13.1. The molecule has 0 nitrogen and oxygen atoms in total. The molecule has 0 aromatic heterocycles. The van der Waals surface area contributed by atoms with E-state index in [0.717, 1.165) is 19.1 Å². The van der Waals surface area contributed by atoms with Gasteiger partial charge < -0.3 is 0 Å². The topological polar surface area (TPSA) is 0 Å². The molecule has 156 valence electrons. The molecule has 0 unspecified atom stereocenters. The molecule has 0 saturated carbocycles. The van der Waals surface area contributed by atoms with Gasteiger partial charge in [0.25, 0.3) is 0 Å². The average molecular weight is 424 g/mol. The summed E-state index contributed by atoms with van der Waals surface area (Å²) >= 11 is 0. The molecule has 0 heterocycles. The SMILES string of the molecule is Cc1ccc(C)c(C(F)(F)C(F)(F)C(F)(F)C(F)(F)C(F)(F)C(F)(F)F)c1. The first-order chi connectivity index (χ1) is 11.7. The van der Waals surface area contributed by atoms with Crippen molar-refractivity contribution in [3.05, 3.63) is 34.9 Å². The van der Waals surface area contributed by atoms with Gasteiger partial charge in [-0.2, -0.15) is 57.1 Å². The summed E-state index contributed by atoms with van der Waals surface area (Å²) in [6.45, 7) is 1.72. The van der Waals surface area contributed by atoms with Crippen molar-refractivity contribution in [3.8, 4) is 0 Å². The summed E-state index contributed by atoms with van der Waals surface area (Å²) in [5.74, 6) is -36.9. The molecule has 0 N–H and O–H groups in total. The van der Waals surface area contributed by atoms with Crippen LogP contribution in [0.15, 0.2) is 18.2 Å². The van der Waals surface area contributed by atoms with E-state index in [1.54, 1.807) is 0 Å². The third-order valence-corrected chi connectivity index (χ3v) is 3.66. The van der Waals surface area contributed by atoms with E-state index >= 15 is 0 Å². The van der Waals surface area contributed by atoms with Crippen LogP contribution in [0.5, 0.6) is 0 Å². The predicted octanol–water partition coefficient (Wildman–Crippen LogP) is 6.50. The van der Waals surface area contributed by atoms with Gasteiger partial charge in [0.15, 0.2) is 0 Å². The number of hydrogen-bond acceptors (Lipinski definition) is 0. The second-order valence-electron chi connectivity index (χ2n) is 5.69. The van der Waals surface area contributed by atoms with Gasteiger partial charge in [0.2, 0.25) is 0 Å². The molecule has 0 radical (unpaired) electrons. The summed E-state index contributed by atoms with van der Waals surface area (Å²) in [4.78, 5) is 0. The van der Waals surface area contributed by atoms with Crippen molar-refractivity contribution in [2.75, 3.05) is 0 Å². The number of hydrogen-bond donors (Lipinski definition) is 0. The molecule has 13 heteroatoms. The fourth-order valence-corrected chi connectivity index (χ4v) is 2.01. The minimum Gasteiger partial charge on any atom is -0.194 e. The Morgan fingerprint density at radius 1 is 0.556 bits per heavy atom. The highest BCUT2D eigenvalue weighted by Gasteiger charge is 2.90. The molecule has 0 amide bonds. The summed E-state index contributed by atoms with van der Waals surface area (Å²) in [6.07, 6.45) is -7.41. The van der Waals surface area contributed by atoms with Gasteiger partial charge in [0.05, 0.1) is 0 Å². The van der Waals surface area contributed by atoms with Crippen LogP contribution in [0.3, 0.4) is 0 Å². The largest absolute Gasteiger partial charge is 0.460 e. The van der Waals surface area contributed by atoms with Crippen molar-refractivity contribution >= 4 is 0 Å². The van der Waals surface area contributed by atoms with Crippen LogP contribution in [0.25, 0.3) is 0 Å². The van der Waals surface area contributed by atoms with Gasteiger partial charge in [-0.1, -0.05) is 17.7 Å². The van der Waals surface area contributed by atoms with E-state index in [0.29, 0.717) is 6.92 Å². The monoisotopic (exact) mass is 424 g/mol. The highest BCUT2D eigenvalue weighted by atomic mass is 19.4. The third-order valence-electron chi connectivity index (χ3n) is 3.66. The van der Waals surface area contributed by atoms with E-state index in [-0.39, 0.29) is 11.6 Å². The average Bonchev–Trinajstić information content (AvgIpc) is 2.47. The maximum Gasteiger partial charge on any atom is 0.460 e. The van der Waals surface area contributed by atoms with E-state index in [1.165, 1.54) is 0 Å². The molecule has 1 rings (SSSR count). The lowest BCUT2D eigenvalue weighted by Gasteiger charge is -2.40. The normalized spacial score (nSPS) is 15.2. The first-order valence-corrected chi connectivity index (χ1v) is 6.69. The lowest BCUT2D eigenvalue weighted by molar-refractivity contribution is -0.441. The lowest BCUT2D eigenvalue weighted by Crippen LogP contribution is -2.69. The van der Waals surface area contributed by atoms with Gasteiger partial charge in [0, 0.05) is 5.56 Å². The van der Waals surface area contributed by atoms with E-state index in [1.807, 2.05) is 0 Å². The molecule has 0 spiro atoms. The number of benzene rings is 1. The van der Waals surface area contributed by atoms with E-state index in [9.17, 15) is 57.1 Å². The standard InChI is InChI=1S/C14H9F13/c1-6-3-4-7(2)8(5-6)9(15,16)10(17,18)11(19,20)12(21,22)13(23,24)14(25,26)27/h3-5H,1-2H3. The zero-order chi connectivity index (χ0) is 21.9. The van der Waals surface area contributed by atoms with E-state index in [4.69, 9.17) is 0 Å². The lowest BCUT2D eigenvalue weighted by atomic mass is 9.88. The van der Waals surface area contributed by atoms with Gasteiger partial charge in [-0.3, -0.25) is 0 Å².